The SMILES string of the molecule is Cc1nc(Cn2c3c(ccc2=O)CC(NC(=O)C(C)C)CC3)cs1. The first kappa shape index (κ1) is 16.9. The Morgan fingerprint density at radius 1 is 1.46 bits per heavy atom. The molecular weight excluding hydrogens is 322 g/mol. The third kappa shape index (κ3) is 3.59. The summed E-state index contributed by atoms with van der Waals surface area (Å²) in [6.07, 6.45) is 2.45. The minimum atomic E-state index is -0.00624. The maximum Gasteiger partial charge on any atom is 0.251 e. The Morgan fingerprint density at radius 3 is 2.92 bits per heavy atom. The Hall–Kier alpha value is -1.95. The van der Waals surface area contributed by atoms with Gasteiger partial charge in [-0.15, -0.1) is 11.3 Å². The largest absolute Gasteiger partial charge is 0.353 e. The van der Waals surface area contributed by atoms with Crippen molar-refractivity contribution >= 4 is 17.2 Å². The number of aromatic nitrogens is 2. The van der Waals surface area contributed by atoms with E-state index in [9.17, 15) is 9.59 Å². The minimum Gasteiger partial charge on any atom is -0.353 e. The van der Waals surface area contributed by atoms with Gasteiger partial charge in [-0.1, -0.05) is 19.9 Å². The smallest absolute Gasteiger partial charge is 0.251 e. The summed E-state index contributed by atoms with van der Waals surface area (Å²) in [5.41, 5.74) is 3.19. The van der Waals surface area contributed by atoms with E-state index in [1.54, 1.807) is 17.4 Å². The van der Waals surface area contributed by atoms with Crippen molar-refractivity contribution in [3.63, 3.8) is 0 Å². The summed E-state index contributed by atoms with van der Waals surface area (Å²) in [6.45, 7) is 6.30. The highest BCUT2D eigenvalue weighted by molar-refractivity contribution is 7.09. The van der Waals surface area contributed by atoms with E-state index in [0.29, 0.717) is 6.54 Å². The number of pyridine rings is 1. The van der Waals surface area contributed by atoms with Gasteiger partial charge >= 0.3 is 0 Å². The first-order chi connectivity index (χ1) is 11.4. The van der Waals surface area contributed by atoms with E-state index in [1.807, 2.05) is 36.8 Å². The third-order valence-corrected chi connectivity index (χ3v) is 5.27. The predicted octanol–water partition coefficient (Wildman–Crippen LogP) is 2.29. The molecule has 1 amide bonds. The number of amides is 1. The van der Waals surface area contributed by atoms with Crippen LogP contribution in [0.15, 0.2) is 22.3 Å². The van der Waals surface area contributed by atoms with Crippen LogP contribution in [0.2, 0.25) is 0 Å². The zero-order valence-electron chi connectivity index (χ0n) is 14.3. The van der Waals surface area contributed by atoms with Gasteiger partial charge in [0.05, 0.1) is 17.2 Å². The Bertz CT molecular complexity index is 807. The summed E-state index contributed by atoms with van der Waals surface area (Å²) >= 11 is 1.60. The van der Waals surface area contributed by atoms with Gasteiger partial charge in [0.15, 0.2) is 0 Å². The van der Waals surface area contributed by atoms with Crippen molar-refractivity contribution in [1.29, 1.82) is 0 Å². The van der Waals surface area contributed by atoms with Gasteiger partial charge in [-0.3, -0.25) is 9.59 Å². The molecule has 24 heavy (non-hydrogen) atoms. The lowest BCUT2D eigenvalue weighted by Gasteiger charge is -2.28. The van der Waals surface area contributed by atoms with Crippen molar-refractivity contribution in [3.05, 3.63) is 49.8 Å². The molecule has 5 nitrogen and oxygen atoms in total. The molecule has 1 aliphatic rings. The summed E-state index contributed by atoms with van der Waals surface area (Å²) in [5.74, 6) is 0.0861. The third-order valence-electron chi connectivity index (χ3n) is 4.44. The first-order valence-electron chi connectivity index (χ1n) is 8.37. The molecule has 1 aliphatic carbocycles. The number of fused-ring (bicyclic) bond motifs is 1. The zero-order chi connectivity index (χ0) is 17.3. The van der Waals surface area contributed by atoms with E-state index in [-0.39, 0.29) is 23.4 Å². The number of hydrogen-bond acceptors (Lipinski definition) is 4. The lowest BCUT2D eigenvalue weighted by molar-refractivity contribution is -0.124. The number of aryl methyl sites for hydroxylation is 1. The van der Waals surface area contributed by atoms with Crippen molar-refractivity contribution in [2.24, 2.45) is 5.92 Å². The second-order valence-corrected chi connectivity index (χ2v) is 7.75. The van der Waals surface area contributed by atoms with Gasteiger partial charge in [0.25, 0.3) is 5.56 Å². The molecule has 0 saturated heterocycles. The van der Waals surface area contributed by atoms with Gasteiger partial charge in [0.2, 0.25) is 5.91 Å². The Kier molecular flexibility index (Phi) is 4.85. The molecule has 2 aromatic heterocycles. The molecule has 0 spiro atoms. The van der Waals surface area contributed by atoms with E-state index < -0.39 is 0 Å². The van der Waals surface area contributed by atoms with Crippen LogP contribution >= 0.6 is 11.3 Å². The monoisotopic (exact) mass is 345 g/mol. The lowest BCUT2D eigenvalue weighted by Crippen LogP contribution is -2.42. The van der Waals surface area contributed by atoms with Gasteiger partial charge in [0.1, 0.15) is 0 Å². The second kappa shape index (κ2) is 6.89. The molecule has 3 rings (SSSR count). The maximum atomic E-state index is 12.3. The van der Waals surface area contributed by atoms with Crippen molar-refractivity contribution < 1.29 is 4.79 Å². The molecule has 2 aromatic rings. The molecule has 0 radical (unpaired) electrons. The highest BCUT2D eigenvalue weighted by atomic mass is 32.1. The lowest BCUT2D eigenvalue weighted by atomic mass is 9.91. The van der Waals surface area contributed by atoms with Gasteiger partial charge < -0.3 is 9.88 Å². The van der Waals surface area contributed by atoms with Gasteiger partial charge in [-0.05, 0) is 31.7 Å². The summed E-state index contributed by atoms with van der Waals surface area (Å²) < 4.78 is 1.84. The van der Waals surface area contributed by atoms with Crippen LogP contribution < -0.4 is 10.9 Å². The van der Waals surface area contributed by atoms with Crippen LogP contribution in [0.3, 0.4) is 0 Å². The van der Waals surface area contributed by atoms with Gasteiger partial charge in [-0.2, -0.15) is 0 Å². The highest BCUT2D eigenvalue weighted by Crippen LogP contribution is 2.21. The number of carbonyl (C=O) groups is 1. The summed E-state index contributed by atoms with van der Waals surface area (Å²) in [7, 11) is 0. The van der Waals surface area contributed by atoms with E-state index in [2.05, 4.69) is 10.3 Å². The molecule has 1 N–H and O–H groups in total. The molecular formula is C18H23N3O2S. The fourth-order valence-electron chi connectivity index (χ4n) is 3.13. The van der Waals surface area contributed by atoms with Crippen LogP contribution in [0.4, 0.5) is 0 Å². The van der Waals surface area contributed by atoms with Crippen LogP contribution in [0.25, 0.3) is 0 Å². The van der Waals surface area contributed by atoms with Crippen molar-refractivity contribution in [2.75, 3.05) is 0 Å². The second-order valence-electron chi connectivity index (χ2n) is 6.69. The number of carbonyl (C=O) groups excluding carboxylic acids is 1. The van der Waals surface area contributed by atoms with Crippen LogP contribution in [0.5, 0.6) is 0 Å². The number of nitrogens with one attached hydrogen (secondary N) is 1. The number of rotatable bonds is 4. The molecule has 0 fully saturated rings. The number of hydrogen-bond donors (Lipinski definition) is 1. The van der Waals surface area contributed by atoms with E-state index in [1.165, 1.54) is 0 Å². The molecule has 0 aromatic carbocycles. The van der Waals surface area contributed by atoms with Gasteiger partial charge in [-0.25, -0.2) is 4.98 Å². The zero-order valence-corrected chi connectivity index (χ0v) is 15.2. The van der Waals surface area contributed by atoms with Crippen molar-refractivity contribution in [1.82, 2.24) is 14.9 Å². The van der Waals surface area contributed by atoms with E-state index >= 15 is 0 Å². The van der Waals surface area contributed by atoms with E-state index in [0.717, 1.165) is 41.2 Å². The fourth-order valence-corrected chi connectivity index (χ4v) is 3.74. The summed E-state index contributed by atoms with van der Waals surface area (Å²) in [5, 5.41) is 6.13. The minimum absolute atomic E-state index is 0.00624. The Morgan fingerprint density at radius 2 is 2.25 bits per heavy atom. The highest BCUT2D eigenvalue weighted by Gasteiger charge is 2.23. The standard InChI is InChI=1S/C18H23N3O2S/c1-11(2)18(23)20-14-5-6-16-13(8-14)4-7-17(22)21(16)9-15-10-24-12(3)19-15/h4,7,10-11,14H,5-6,8-9H2,1-3H3,(H,20,23). The molecule has 0 aliphatic heterocycles. The van der Waals surface area contributed by atoms with Crippen molar-refractivity contribution in [2.45, 2.75) is 52.6 Å². The Labute approximate surface area is 145 Å². The topological polar surface area (TPSA) is 64.0 Å². The average Bonchev–Trinajstić information content (AvgIpc) is 2.95. The quantitative estimate of drug-likeness (QED) is 0.925. The number of thiazole rings is 1. The summed E-state index contributed by atoms with van der Waals surface area (Å²) in [4.78, 5) is 28.7. The van der Waals surface area contributed by atoms with Crippen molar-refractivity contribution in [3.8, 4) is 0 Å². The Balaban J connectivity index is 1.82. The van der Waals surface area contributed by atoms with Crippen LogP contribution in [0.1, 0.15) is 42.2 Å². The first-order valence-corrected chi connectivity index (χ1v) is 9.25. The normalized spacial score (nSPS) is 16.9. The van der Waals surface area contributed by atoms with E-state index in [4.69, 9.17) is 0 Å². The van der Waals surface area contributed by atoms with Crippen LogP contribution in [-0.2, 0) is 24.2 Å². The number of nitrogens with zero attached hydrogens (tertiary/aromatic N) is 2. The predicted molar refractivity (Wildman–Crippen MR) is 95.4 cm³/mol. The maximum absolute atomic E-state index is 12.3. The van der Waals surface area contributed by atoms with Crippen LogP contribution in [0, 0.1) is 12.8 Å². The van der Waals surface area contributed by atoms with Gasteiger partial charge in [0, 0.05) is 29.1 Å². The molecule has 128 valence electrons. The fraction of sp³-hybridized carbons (Fsp3) is 0.500. The molecule has 0 bridgehead atoms. The molecule has 1 atom stereocenters. The molecule has 0 saturated carbocycles. The van der Waals surface area contributed by atoms with Crippen LogP contribution in [-0.4, -0.2) is 21.5 Å². The molecule has 6 heteroatoms. The molecule has 2 heterocycles. The average molecular weight is 345 g/mol. The molecule has 1 unspecified atom stereocenters. The summed E-state index contributed by atoms with van der Waals surface area (Å²) in [6, 6.07) is 3.69.